The maximum Gasteiger partial charge on any atom is 0.123 e. The maximum absolute atomic E-state index is 12.9. The smallest absolute Gasteiger partial charge is 0.123 e. The summed E-state index contributed by atoms with van der Waals surface area (Å²) in [6, 6.07) is 12.3. The van der Waals surface area contributed by atoms with Gasteiger partial charge in [0.2, 0.25) is 0 Å². The second-order valence-corrected chi connectivity index (χ2v) is 4.40. The lowest BCUT2D eigenvalue weighted by molar-refractivity contribution is 0.305. The molecule has 0 aliphatic rings. The Bertz CT molecular complexity index is 523. The van der Waals surface area contributed by atoms with Crippen molar-refractivity contribution in [3.63, 3.8) is 0 Å². The van der Waals surface area contributed by atoms with E-state index in [-0.39, 0.29) is 5.82 Å². The zero-order valence-electron chi connectivity index (χ0n) is 10.1. The van der Waals surface area contributed by atoms with Crippen LogP contribution in [-0.4, -0.2) is 0 Å². The van der Waals surface area contributed by atoms with Crippen molar-refractivity contribution in [2.45, 2.75) is 19.4 Å². The van der Waals surface area contributed by atoms with Crippen LogP contribution in [0.5, 0.6) is 5.75 Å². The number of hydrogen-bond donors (Lipinski definition) is 0. The van der Waals surface area contributed by atoms with Crippen molar-refractivity contribution in [1.82, 2.24) is 0 Å². The third kappa shape index (κ3) is 3.23. The topological polar surface area (TPSA) is 9.23 Å². The summed E-state index contributed by atoms with van der Waals surface area (Å²) in [5.74, 6) is 1.06. The minimum absolute atomic E-state index is 0.220. The number of halogens is 2. The molecule has 0 aromatic heterocycles. The van der Waals surface area contributed by atoms with Crippen LogP contribution in [0.1, 0.15) is 16.7 Å². The van der Waals surface area contributed by atoms with Crippen molar-refractivity contribution in [3.05, 3.63) is 65.0 Å². The van der Waals surface area contributed by atoms with E-state index in [9.17, 15) is 4.39 Å². The van der Waals surface area contributed by atoms with E-state index in [1.54, 1.807) is 6.07 Å². The Kier molecular flexibility index (Phi) is 4.21. The molecule has 0 bridgehead atoms. The van der Waals surface area contributed by atoms with Crippen molar-refractivity contribution < 1.29 is 9.13 Å². The third-order valence-corrected chi connectivity index (χ3v) is 3.09. The number of ether oxygens (including phenoxy) is 1. The van der Waals surface area contributed by atoms with Gasteiger partial charge in [0.05, 0.1) is 0 Å². The lowest BCUT2D eigenvalue weighted by atomic mass is 10.1. The number of benzene rings is 2. The molecular formula is C15H14ClFO. The van der Waals surface area contributed by atoms with Gasteiger partial charge in [0, 0.05) is 5.88 Å². The molecule has 1 nitrogen and oxygen atoms in total. The van der Waals surface area contributed by atoms with E-state index in [0.717, 1.165) is 22.4 Å². The molecule has 0 N–H and O–H groups in total. The highest BCUT2D eigenvalue weighted by atomic mass is 35.5. The summed E-state index contributed by atoms with van der Waals surface area (Å²) in [7, 11) is 0. The molecule has 0 atom stereocenters. The van der Waals surface area contributed by atoms with Gasteiger partial charge >= 0.3 is 0 Å². The number of hydrogen-bond acceptors (Lipinski definition) is 1. The van der Waals surface area contributed by atoms with Gasteiger partial charge in [0.15, 0.2) is 0 Å². The molecule has 0 saturated heterocycles. The normalized spacial score (nSPS) is 10.4. The molecule has 0 spiro atoms. The van der Waals surface area contributed by atoms with Gasteiger partial charge in [-0.2, -0.15) is 0 Å². The molecule has 0 fully saturated rings. The molecule has 2 aromatic carbocycles. The Morgan fingerprint density at radius 3 is 2.44 bits per heavy atom. The number of alkyl halides is 1. The molecule has 18 heavy (non-hydrogen) atoms. The first-order valence-corrected chi connectivity index (χ1v) is 6.25. The van der Waals surface area contributed by atoms with Crippen LogP contribution < -0.4 is 4.74 Å². The predicted molar refractivity (Wildman–Crippen MR) is 71.5 cm³/mol. The van der Waals surface area contributed by atoms with E-state index < -0.39 is 0 Å². The fourth-order valence-corrected chi connectivity index (χ4v) is 1.84. The van der Waals surface area contributed by atoms with E-state index in [1.807, 2.05) is 31.2 Å². The van der Waals surface area contributed by atoms with Gasteiger partial charge in [-0.05, 0) is 47.9 Å². The summed E-state index contributed by atoms with van der Waals surface area (Å²) < 4.78 is 18.6. The minimum Gasteiger partial charge on any atom is -0.489 e. The summed E-state index contributed by atoms with van der Waals surface area (Å²) in [6.07, 6.45) is 0. The fourth-order valence-electron chi connectivity index (χ4n) is 1.66. The van der Waals surface area contributed by atoms with Crippen molar-refractivity contribution in [3.8, 4) is 5.75 Å². The second-order valence-electron chi connectivity index (χ2n) is 4.14. The van der Waals surface area contributed by atoms with E-state index in [4.69, 9.17) is 16.3 Å². The Balaban J connectivity index is 2.02. The SMILES string of the molecule is Cc1cc(F)ccc1COc1ccc(CCl)cc1. The molecular weight excluding hydrogens is 251 g/mol. The van der Waals surface area contributed by atoms with Crippen LogP contribution in [0.25, 0.3) is 0 Å². The minimum atomic E-state index is -0.220. The van der Waals surface area contributed by atoms with Crippen LogP contribution in [0.2, 0.25) is 0 Å². The lowest BCUT2D eigenvalue weighted by Gasteiger charge is -2.09. The van der Waals surface area contributed by atoms with Gasteiger partial charge in [0.1, 0.15) is 18.2 Å². The molecule has 0 amide bonds. The first-order valence-electron chi connectivity index (χ1n) is 5.72. The molecule has 0 aliphatic carbocycles. The van der Waals surface area contributed by atoms with E-state index in [2.05, 4.69) is 0 Å². The largest absolute Gasteiger partial charge is 0.489 e. The van der Waals surface area contributed by atoms with Crippen LogP contribution in [0.4, 0.5) is 4.39 Å². The third-order valence-electron chi connectivity index (χ3n) is 2.78. The monoisotopic (exact) mass is 264 g/mol. The summed E-state index contributed by atoms with van der Waals surface area (Å²) in [6.45, 7) is 2.31. The lowest BCUT2D eigenvalue weighted by Crippen LogP contribution is -1.98. The highest BCUT2D eigenvalue weighted by Crippen LogP contribution is 2.17. The van der Waals surface area contributed by atoms with Crippen molar-refractivity contribution >= 4 is 11.6 Å². The van der Waals surface area contributed by atoms with Gasteiger partial charge in [-0.15, -0.1) is 11.6 Å². The summed E-state index contributed by atoms with van der Waals surface area (Å²) in [5.41, 5.74) is 2.94. The van der Waals surface area contributed by atoms with Crippen molar-refractivity contribution in [1.29, 1.82) is 0 Å². The first kappa shape index (κ1) is 12.9. The quantitative estimate of drug-likeness (QED) is 0.741. The van der Waals surface area contributed by atoms with Gasteiger partial charge in [-0.25, -0.2) is 4.39 Å². The zero-order valence-corrected chi connectivity index (χ0v) is 10.9. The standard InChI is InChI=1S/C15H14ClFO/c1-11-8-14(17)5-4-13(11)10-18-15-6-2-12(9-16)3-7-15/h2-8H,9-10H2,1H3. The second kappa shape index (κ2) is 5.87. The molecule has 2 rings (SSSR count). The van der Waals surface area contributed by atoms with E-state index in [1.165, 1.54) is 12.1 Å². The molecule has 0 heterocycles. The average Bonchev–Trinajstić information content (AvgIpc) is 2.38. The van der Waals surface area contributed by atoms with Crippen molar-refractivity contribution in [2.24, 2.45) is 0 Å². The summed E-state index contributed by atoms with van der Waals surface area (Å²) >= 11 is 5.71. The fraction of sp³-hybridized carbons (Fsp3) is 0.200. The van der Waals surface area contributed by atoms with Gasteiger partial charge in [-0.1, -0.05) is 18.2 Å². The number of aryl methyl sites for hydroxylation is 1. The van der Waals surface area contributed by atoms with E-state index in [0.29, 0.717) is 12.5 Å². The number of rotatable bonds is 4. The summed E-state index contributed by atoms with van der Waals surface area (Å²) in [4.78, 5) is 0. The summed E-state index contributed by atoms with van der Waals surface area (Å²) in [5, 5.41) is 0. The molecule has 0 radical (unpaired) electrons. The van der Waals surface area contributed by atoms with E-state index >= 15 is 0 Å². The van der Waals surface area contributed by atoms with Gasteiger partial charge in [-0.3, -0.25) is 0 Å². The Labute approximate surface area is 111 Å². The highest BCUT2D eigenvalue weighted by molar-refractivity contribution is 6.17. The zero-order chi connectivity index (χ0) is 13.0. The van der Waals surface area contributed by atoms with Crippen molar-refractivity contribution in [2.75, 3.05) is 0 Å². The Hall–Kier alpha value is -1.54. The molecule has 2 aromatic rings. The Morgan fingerprint density at radius 2 is 1.83 bits per heavy atom. The average molecular weight is 265 g/mol. The van der Waals surface area contributed by atoms with Crippen LogP contribution >= 0.6 is 11.6 Å². The van der Waals surface area contributed by atoms with Crippen LogP contribution in [0, 0.1) is 12.7 Å². The molecule has 0 aliphatic heterocycles. The van der Waals surface area contributed by atoms with Crippen LogP contribution in [0.15, 0.2) is 42.5 Å². The molecule has 3 heteroatoms. The first-order chi connectivity index (χ1) is 8.69. The predicted octanol–water partition coefficient (Wildman–Crippen LogP) is 4.45. The highest BCUT2D eigenvalue weighted by Gasteiger charge is 2.01. The van der Waals surface area contributed by atoms with Gasteiger partial charge < -0.3 is 4.74 Å². The van der Waals surface area contributed by atoms with Crippen LogP contribution in [-0.2, 0) is 12.5 Å². The molecule has 0 saturated carbocycles. The maximum atomic E-state index is 12.9. The Morgan fingerprint density at radius 1 is 1.11 bits per heavy atom. The van der Waals surface area contributed by atoms with Gasteiger partial charge in [0.25, 0.3) is 0 Å². The molecule has 94 valence electrons. The van der Waals surface area contributed by atoms with Crippen LogP contribution in [0.3, 0.4) is 0 Å². The molecule has 0 unspecified atom stereocenters.